The van der Waals surface area contributed by atoms with E-state index >= 15 is 0 Å². The fourth-order valence-corrected chi connectivity index (χ4v) is 4.02. The minimum Gasteiger partial charge on any atom is -0.383 e. The average Bonchev–Trinajstić information content (AvgIpc) is 3.00. The number of nitrogens with one attached hydrogen (secondary N) is 2. The molecule has 0 aliphatic heterocycles. The molecule has 1 aromatic carbocycles. The van der Waals surface area contributed by atoms with E-state index in [1.54, 1.807) is 6.07 Å². The van der Waals surface area contributed by atoms with Crippen LogP contribution in [0, 0.1) is 6.92 Å². The summed E-state index contributed by atoms with van der Waals surface area (Å²) < 4.78 is 31.3. The van der Waals surface area contributed by atoms with Gasteiger partial charge in [-0.2, -0.15) is 0 Å². The van der Waals surface area contributed by atoms with Gasteiger partial charge in [-0.15, -0.1) is 11.3 Å². The number of para-hydroxylation sites is 1. The van der Waals surface area contributed by atoms with Crippen molar-refractivity contribution in [2.75, 3.05) is 25.6 Å². The van der Waals surface area contributed by atoms with Crippen molar-refractivity contribution in [3.8, 4) is 0 Å². The first kappa shape index (κ1) is 17.6. The third kappa shape index (κ3) is 4.61. The van der Waals surface area contributed by atoms with Crippen molar-refractivity contribution in [2.24, 2.45) is 0 Å². The Balaban J connectivity index is 2.09. The second-order valence-corrected chi connectivity index (χ2v) is 7.48. The molecule has 0 aliphatic rings. The van der Waals surface area contributed by atoms with Gasteiger partial charge in [-0.05, 0) is 24.6 Å². The molecule has 8 heteroatoms. The lowest BCUT2D eigenvalue weighted by molar-refractivity contribution is 0.103. The van der Waals surface area contributed by atoms with E-state index in [1.165, 1.54) is 18.6 Å². The van der Waals surface area contributed by atoms with Crippen molar-refractivity contribution >= 4 is 33.0 Å². The molecule has 6 nitrogen and oxygen atoms in total. The van der Waals surface area contributed by atoms with E-state index in [0.717, 1.165) is 16.9 Å². The van der Waals surface area contributed by atoms with Gasteiger partial charge in [0.1, 0.15) is 0 Å². The Morgan fingerprint density at radius 1 is 1.30 bits per heavy atom. The van der Waals surface area contributed by atoms with E-state index in [2.05, 4.69) is 10.0 Å². The summed E-state index contributed by atoms with van der Waals surface area (Å²) in [5, 5.41) is 4.23. The Bertz CT molecular complexity index is 784. The Labute approximate surface area is 139 Å². The number of methoxy groups -OCH3 is 1. The molecule has 124 valence electrons. The molecule has 1 aromatic heterocycles. The maximum atomic E-state index is 12.2. The van der Waals surface area contributed by atoms with Crippen LogP contribution in [0.4, 0.5) is 5.69 Å². The number of carbonyl (C=O) groups is 1. The van der Waals surface area contributed by atoms with Crippen LogP contribution in [0.15, 0.2) is 40.6 Å². The van der Waals surface area contributed by atoms with Crippen LogP contribution in [0.1, 0.15) is 15.2 Å². The molecular weight excluding hydrogens is 336 g/mol. The molecule has 0 atom stereocenters. The molecule has 0 bridgehead atoms. The third-order valence-electron chi connectivity index (χ3n) is 3.10. The SMILES string of the molecule is COCCNS(=O)(=O)c1csc(C(=O)Nc2ccccc2C)c1. The van der Waals surface area contributed by atoms with E-state index in [-0.39, 0.29) is 24.0 Å². The predicted molar refractivity (Wildman–Crippen MR) is 90.5 cm³/mol. The minimum absolute atomic E-state index is 0.0773. The van der Waals surface area contributed by atoms with Gasteiger partial charge in [-0.1, -0.05) is 18.2 Å². The number of anilines is 1. The van der Waals surface area contributed by atoms with Crippen molar-refractivity contribution in [1.82, 2.24) is 4.72 Å². The summed E-state index contributed by atoms with van der Waals surface area (Å²) in [6.45, 7) is 2.35. The number of thiophene rings is 1. The van der Waals surface area contributed by atoms with Crippen LogP contribution >= 0.6 is 11.3 Å². The highest BCUT2D eigenvalue weighted by atomic mass is 32.2. The fourth-order valence-electron chi connectivity index (χ4n) is 1.84. The Hall–Kier alpha value is -1.74. The molecule has 0 spiro atoms. The summed E-state index contributed by atoms with van der Waals surface area (Å²) in [6.07, 6.45) is 0. The van der Waals surface area contributed by atoms with Gasteiger partial charge in [0.25, 0.3) is 5.91 Å². The van der Waals surface area contributed by atoms with Crippen LogP contribution in [0.3, 0.4) is 0 Å². The van der Waals surface area contributed by atoms with Crippen LogP contribution < -0.4 is 10.0 Å². The minimum atomic E-state index is -3.63. The molecule has 0 aliphatic carbocycles. The van der Waals surface area contributed by atoms with Crippen LogP contribution in [0.25, 0.3) is 0 Å². The van der Waals surface area contributed by atoms with Crippen molar-refractivity contribution in [3.63, 3.8) is 0 Å². The van der Waals surface area contributed by atoms with Gasteiger partial charge in [0, 0.05) is 24.7 Å². The van der Waals surface area contributed by atoms with E-state index in [1.807, 2.05) is 25.1 Å². The summed E-state index contributed by atoms with van der Waals surface area (Å²) in [7, 11) is -2.13. The lowest BCUT2D eigenvalue weighted by Crippen LogP contribution is -2.26. The van der Waals surface area contributed by atoms with E-state index < -0.39 is 10.0 Å². The first-order valence-corrected chi connectivity index (χ1v) is 9.24. The Morgan fingerprint density at radius 3 is 2.74 bits per heavy atom. The first-order chi connectivity index (χ1) is 10.9. The molecule has 1 heterocycles. The quantitative estimate of drug-likeness (QED) is 0.747. The van der Waals surface area contributed by atoms with Crippen molar-refractivity contribution < 1.29 is 17.9 Å². The Morgan fingerprint density at radius 2 is 2.04 bits per heavy atom. The highest BCUT2D eigenvalue weighted by molar-refractivity contribution is 7.89. The number of ether oxygens (including phenoxy) is 1. The molecule has 2 N–H and O–H groups in total. The van der Waals surface area contributed by atoms with Crippen LogP contribution in [-0.4, -0.2) is 34.6 Å². The van der Waals surface area contributed by atoms with Gasteiger partial charge in [-0.3, -0.25) is 4.79 Å². The van der Waals surface area contributed by atoms with Gasteiger partial charge < -0.3 is 10.1 Å². The molecule has 0 fully saturated rings. The molecule has 2 rings (SSSR count). The largest absolute Gasteiger partial charge is 0.383 e. The molecule has 2 aromatic rings. The predicted octanol–water partition coefficient (Wildman–Crippen LogP) is 2.23. The van der Waals surface area contributed by atoms with Gasteiger partial charge in [-0.25, -0.2) is 13.1 Å². The molecule has 0 saturated heterocycles. The summed E-state index contributed by atoms with van der Waals surface area (Å²) >= 11 is 1.09. The number of amides is 1. The monoisotopic (exact) mass is 354 g/mol. The zero-order valence-electron chi connectivity index (χ0n) is 12.8. The molecular formula is C15H18N2O4S2. The van der Waals surface area contributed by atoms with E-state index in [0.29, 0.717) is 10.6 Å². The number of sulfonamides is 1. The fraction of sp³-hybridized carbons (Fsp3) is 0.267. The van der Waals surface area contributed by atoms with E-state index in [4.69, 9.17) is 4.74 Å². The smallest absolute Gasteiger partial charge is 0.265 e. The first-order valence-electron chi connectivity index (χ1n) is 6.88. The number of rotatable bonds is 7. The highest BCUT2D eigenvalue weighted by Gasteiger charge is 2.18. The summed E-state index contributed by atoms with van der Waals surface area (Å²) in [5.74, 6) is -0.331. The van der Waals surface area contributed by atoms with Crippen molar-refractivity contribution in [3.05, 3.63) is 46.2 Å². The van der Waals surface area contributed by atoms with Crippen molar-refractivity contribution in [2.45, 2.75) is 11.8 Å². The highest BCUT2D eigenvalue weighted by Crippen LogP contribution is 2.21. The van der Waals surface area contributed by atoms with Crippen LogP contribution in [-0.2, 0) is 14.8 Å². The summed E-state index contributed by atoms with van der Waals surface area (Å²) in [4.78, 5) is 12.6. The van der Waals surface area contributed by atoms with E-state index in [9.17, 15) is 13.2 Å². The second kappa shape index (κ2) is 7.69. The number of hydrogen-bond acceptors (Lipinski definition) is 5. The normalized spacial score (nSPS) is 11.4. The second-order valence-electron chi connectivity index (χ2n) is 4.81. The molecule has 23 heavy (non-hydrogen) atoms. The zero-order valence-corrected chi connectivity index (χ0v) is 14.5. The Kier molecular flexibility index (Phi) is 5.89. The lowest BCUT2D eigenvalue weighted by Gasteiger charge is -2.06. The van der Waals surface area contributed by atoms with Gasteiger partial charge in [0.15, 0.2) is 0 Å². The third-order valence-corrected chi connectivity index (χ3v) is 5.62. The average molecular weight is 354 g/mol. The summed E-state index contributed by atoms with van der Waals surface area (Å²) in [5.41, 5.74) is 1.64. The van der Waals surface area contributed by atoms with Gasteiger partial charge in [0.2, 0.25) is 10.0 Å². The lowest BCUT2D eigenvalue weighted by atomic mass is 10.2. The summed E-state index contributed by atoms with van der Waals surface area (Å²) in [6, 6.07) is 8.76. The van der Waals surface area contributed by atoms with Crippen molar-refractivity contribution in [1.29, 1.82) is 0 Å². The van der Waals surface area contributed by atoms with Gasteiger partial charge >= 0.3 is 0 Å². The molecule has 0 saturated carbocycles. The van der Waals surface area contributed by atoms with Crippen LogP contribution in [0.5, 0.6) is 0 Å². The standard InChI is InChI=1S/C15H18N2O4S2/c1-11-5-3-4-6-13(11)17-15(18)14-9-12(10-22-14)23(19,20)16-7-8-21-2/h3-6,9-10,16H,7-8H2,1-2H3,(H,17,18). The van der Waals surface area contributed by atoms with Gasteiger partial charge in [0.05, 0.1) is 16.4 Å². The number of carbonyl (C=O) groups excluding carboxylic acids is 1. The number of hydrogen-bond donors (Lipinski definition) is 2. The number of aryl methyl sites for hydroxylation is 1. The van der Waals surface area contributed by atoms with Crippen LogP contribution in [0.2, 0.25) is 0 Å². The molecule has 1 amide bonds. The topological polar surface area (TPSA) is 84.5 Å². The zero-order chi connectivity index (χ0) is 16.9. The maximum Gasteiger partial charge on any atom is 0.265 e. The number of benzene rings is 1. The molecule has 0 radical (unpaired) electrons. The molecule has 0 unspecified atom stereocenters. The maximum absolute atomic E-state index is 12.2.